The van der Waals surface area contributed by atoms with Gasteiger partial charge in [0.2, 0.25) is 0 Å². The molecule has 0 aliphatic heterocycles. The fourth-order valence-corrected chi connectivity index (χ4v) is 2.58. The van der Waals surface area contributed by atoms with Crippen LogP contribution in [0.25, 0.3) is 11.0 Å². The summed E-state index contributed by atoms with van der Waals surface area (Å²) in [6, 6.07) is 14.6. The lowest BCUT2D eigenvalue weighted by atomic mass is 10.2. The van der Waals surface area contributed by atoms with Crippen molar-refractivity contribution >= 4 is 22.4 Å². The minimum absolute atomic E-state index is 0.101. The van der Waals surface area contributed by atoms with Gasteiger partial charge in [-0.1, -0.05) is 24.3 Å². The maximum Gasteiger partial charge on any atom is 0.292 e. The van der Waals surface area contributed by atoms with Crippen molar-refractivity contribution in [1.29, 1.82) is 0 Å². The number of fused-ring (bicyclic) bond motifs is 1. The van der Waals surface area contributed by atoms with Crippen LogP contribution in [0.3, 0.4) is 0 Å². The molecule has 0 spiro atoms. The number of rotatable bonds is 4. The number of imidazole rings is 1. The van der Waals surface area contributed by atoms with E-state index in [1.165, 1.54) is 6.07 Å². The van der Waals surface area contributed by atoms with E-state index >= 15 is 0 Å². The smallest absolute Gasteiger partial charge is 0.292 e. The summed E-state index contributed by atoms with van der Waals surface area (Å²) in [5.74, 6) is 0.863. The van der Waals surface area contributed by atoms with Crippen LogP contribution < -0.4 is 4.90 Å². The van der Waals surface area contributed by atoms with Crippen molar-refractivity contribution in [3.05, 3.63) is 64.5 Å². The van der Waals surface area contributed by atoms with Crippen LogP contribution in [0.15, 0.2) is 48.5 Å². The molecule has 1 heterocycles. The first-order valence-electron chi connectivity index (χ1n) is 6.93. The Labute approximate surface area is 127 Å². The maximum atomic E-state index is 11.1. The quantitative estimate of drug-likeness (QED) is 0.548. The molecule has 6 nitrogen and oxygen atoms in total. The molecule has 3 aromatic rings. The van der Waals surface area contributed by atoms with Crippen LogP contribution in [0.2, 0.25) is 0 Å². The van der Waals surface area contributed by atoms with Crippen molar-refractivity contribution in [3.8, 4) is 0 Å². The van der Waals surface area contributed by atoms with Gasteiger partial charge in [-0.3, -0.25) is 10.1 Å². The number of hydrogen-bond donors (Lipinski definition) is 0. The van der Waals surface area contributed by atoms with Gasteiger partial charge < -0.3 is 9.47 Å². The lowest BCUT2D eigenvalue weighted by molar-refractivity contribution is -0.384. The second-order valence-corrected chi connectivity index (χ2v) is 5.18. The van der Waals surface area contributed by atoms with Gasteiger partial charge in [-0.25, -0.2) is 4.98 Å². The molecule has 0 saturated heterocycles. The van der Waals surface area contributed by atoms with Gasteiger partial charge in [-0.15, -0.1) is 0 Å². The minimum Gasteiger partial charge on any atom is -0.362 e. The highest BCUT2D eigenvalue weighted by atomic mass is 16.6. The molecule has 0 radical (unpaired) electrons. The molecule has 112 valence electrons. The third kappa shape index (κ3) is 2.39. The largest absolute Gasteiger partial charge is 0.362 e. The molecule has 2 aromatic carbocycles. The Morgan fingerprint density at radius 2 is 1.86 bits per heavy atom. The third-order valence-corrected chi connectivity index (χ3v) is 3.75. The highest BCUT2D eigenvalue weighted by Gasteiger charge is 2.18. The number of nitrogens with zero attached hydrogens (tertiary/aromatic N) is 4. The SMILES string of the molecule is CN(Cc1nc2ccccc2n1C)c1ccccc1[N+](=O)[O-]. The predicted molar refractivity (Wildman–Crippen MR) is 85.9 cm³/mol. The summed E-state index contributed by atoms with van der Waals surface area (Å²) in [5, 5.41) is 11.1. The van der Waals surface area contributed by atoms with E-state index in [0.29, 0.717) is 12.2 Å². The molecule has 1 aromatic heterocycles. The standard InChI is InChI=1S/C16H16N4O2/c1-18(14-9-5-6-10-15(14)20(21)22)11-16-17-12-7-3-4-8-13(12)19(16)2/h3-10H,11H2,1-2H3. The molecule has 0 aliphatic carbocycles. The van der Waals surface area contributed by atoms with E-state index in [1.807, 2.05) is 47.8 Å². The van der Waals surface area contributed by atoms with Gasteiger partial charge in [0.05, 0.1) is 22.5 Å². The summed E-state index contributed by atoms with van der Waals surface area (Å²) in [5.41, 5.74) is 2.66. The summed E-state index contributed by atoms with van der Waals surface area (Å²) in [6.45, 7) is 0.496. The zero-order valence-electron chi connectivity index (χ0n) is 12.4. The molecule has 0 bridgehead atoms. The van der Waals surface area contributed by atoms with Crippen molar-refractivity contribution < 1.29 is 4.92 Å². The van der Waals surface area contributed by atoms with Crippen LogP contribution >= 0.6 is 0 Å². The van der Waals surface area contributed by atoms with E-state index in [4.69, 9.17) is 0 Å². The van der Waals surface area contributed by atoms with Crippen molar-refractivity contribution in [2.45, 2.75) is 6.54 Å². The second-order valence-electron chi connectivity index (χ2n) is 5.18. The van der Waals surface area contributed by atoms with Crippen LogP contribution in [0, 0.1) is 10.1 Å². The van der Waals surface area contributed by atoms with Gasteiger partial charge in [-0.2, -0.15) is 0 Å². The lowest BCUT2D eigenvalue weighted by Crippen LogP contribution is -2.20. The zero-order valence-corrected chi connectivity index (χ0v) is 12.4. The van der Waals surface area contributed by atoms with Crippen LogP contribution in [0.1, 0.15) is 5.82 Å². The van der Waals surface area contributed by atoms with Crippen molar-refractivity contribution in [2.24, 2.45) is 7.05 Å². The fourth-order valence-electron chi connectivity index (χ4n) is 2.58. The van der Waals surface area contributed by atoms with E-state index in [9.17, 15) is 10.1 Å². The van der Waals surface area contributed by atoms with E-state index in [1.54, 1.807) is 18.2 Å². The molecule has 0 aliphatic rings. The van der Waals surface area contributed by atoms with Crippen molar-refractivity contribution in [3.63, 3.8) is 0 Å². The number of nitro groups is 1. The topological polar surface area (TPSA) is 64.2 Å². The van der Waals surface area contributed by atoms with Crippen LogP contribution in [0.5, 0.6) is 0 Å². The van der Waals surface area contributed by atoms with Gasteiger partial charge in [0.15, 0.2) is 0 Å². The Bertz CT molecular complexity index is 841. The number of para-hydroxylation sites is 4. The van der Waals surface area contributed by atoms with Gasteiger partial charge >= 0.3 is 0 Å². The fraction of sp³-hybridized carbons (Fsp3) is 0.188. The summed E-state index contributed by atoms with van der Waals surface area (Å²) in [4.78, 5) is 17.2. The number of nitro benzene ring substituents is 1. The highest BCUT2D eigenvalue weighted by molar-refractivity contribution is 5.76. The van der Waals surface area contributed by atoms with E-state index < -0.39 is 0 Å². The normalized spacial score (nSPS) is 10.8. The molecule has 0 N–H and O–H groups in total. The Kier molecular flexibility index (Phi) is 3.50. The first-order chi connectivity index (χ1) is 10.6. The molecular weight excluding hydrogens is 280 g/mol. The van der Waals surface area contributed by atoms with Crippen LogP contribution in [-0.4, -0.2) is 21.5 Å². The third-order valence-electron chi connectivity index (χ3n) is 3.75. The summed E-state index contributed by atoms with van der Waals surface area (Å²) in [6.07, 6.45) is 0. The average Bonchev–Trinajstić information content (AvgIpc) is 2.84. The van der Waals surface area contributed by atoms with Crippen molar-refractivity contribution in [1.82, 2.24) is 9.55 Å². The van der Waals surface area contributed by atoms with Gasteiger partial charge in [0.1, 0.15) is 11.5 Å². The van der Waals surface area contributed by atoms with Gasteiger partial charge in [0, 0.05) is 20.2 Å². The van der Waals surface area contributed by atoms with Gasteiger partial charge in [-0.05, 0) is 18.2 Å². The molecule has 6 heteroatoms. The van der Waals surface area contributed by atoms with Crippen LogP contribution in [-0.2, 0) is 13.6 Å². The summed E-state index contributed by atoms with van der Waals surface area (Å²) < 4.78 is 2.01. The van der Waals surface area contributed by atoms with Gasteiger partial charge in [0.25, 0.3) is 5.69 Å². The Morgan fingerprint density at radius 1 is 1.18 bits per heavy atom. The molecular formula is C16H16N4O2. The molecule has 0 fully saturated rings. The number of hydrogen-bond acceptors (Lipinski definition) is 4. The number of aryl methyl sites for hydroxylation is 1. The Balaban J connectivity index is 1.95. The average molecular weight is 296 g/mol. The van der Waals surface area contributed by atoms with E-state index in [2.05, 4.69) is 4.98 Å². The molecule has 22 heavy (non-hydrogen) atoms. The van der Waals surface area contributed by atoms with E-state index in [-0.39, 0.29) is 10.6 Å². The first kappa shape index (κ1) is 14.1. The molecule has 0 atom stereocenters. The van der Waals surface area contributed by atoms with Crippen molar-refractivity contribution in [2.75, 3.05) is 11.9 Å². The predicted octanol–water partition coefficient (Wildman–Crippen LogP) is 3.12. The highest BCUT2D eigenvalue weighted by Crippen LogP contribution is 2.28. The second kappa shape index (κ2) is 5.48. The lowest BCUT2D eigenvalue weighted by Gasteiger charge is -2.18. The zero-order chi connectivity index (χ0) is 15.7. The van der Waals surface area contributed by atoms with E-state index in [0.717, 1.165) is 16.9 Å². The molecule has 0 unspecified atom stereocenters. The molecule has 0 saturated carbocycles. The monoisotopic (exact) mass is 296 g/mol. The number of aromatic nitrogens is 2. The Hall–Kier alpha value is -2.89. The minimum atomic E-state index is -0.360. The molecule has 0 amide bonds. The maximum absolute atomic E-state index is 11.1. The number of benzene rings is 2. The summed E-state index contributed by atoms with van der Waals surface area (Å²) in [7, 11) is 3.79. The summed E-state index contributed by atoms with van der Waals surface area (Å²) >= 11 is 0. The van der Waals surface area contributed by atoms with Crippen LogP contribution in [0.4, 0.5) is 11.4 Å². The first-order valence-corrected chi connectivity index (χ1v) is 6.93. The number of anilines is 1. The Morgan fingerprint density at radius 3 is 2.59 bits per heavy atom. The molecule has 3 rings (SSSR count).